The van der Waals surface area contributed by atoms with Gasteiger partial charge >= 0.3 is 0 Å². The number of nitrogens with one attached hydrogen (secondary N) is 4. The molecule has 0 aliphatic carbocycles. The van der Waals surface area contributed by atoms with Crippen LogP contribution in [0.3, 0.4) is 0 Å². The van der Waals surface area contributed by atoms with Gasteiger partial charge in [0.2, 0.25) is 11.8 Å². The fourth-order valence-electron chi connectivity index (χ4n) is 5.16. The molecule has 4 aromatic carbocycles. The van der Waals surface area contributed by atoms with Crippen LogP contribution in [0.1, 0.15) is 37.8 Å². The van der Waals surface area contributed by atoms with E-state index in [2.05, 4.69) is 76.9 Å². The first kappa shape index (κ1) is 31.5. The maximum atomic E-state index is 11.8. The molecule has 0 atom stereocenters. The van der Waals surface area contributed by atoms with Gasteiger partial charge in [0.15, 0.2) is 0 Å². The topological polar surface area (TPSA) is 102 Å². The number of carbonyl (C=O) groups is 2. The van der Waals surface area contributed by atoms with Crippen molar-refractivity contribution in [2.45, 2.75) is 39.8 Å². The second-order valence-electron chi connectivity index (χ2n) is 10.9. The largest absolute Gasteiger partial charge is 0.508 e. The smallest absolute Gasteiger partial charge is 0.246 e. The van der Waals surface area contributed by atoms with Gasteiger partial charge in [0.1, 0.15) is 5.75 Å². The first-order valence-corrected chi connectivity index (χ1v) is 14.8. The molecular weight excluding hydrogens is 536 g/mol. The van der Waals surface area contributed by atoms with Gasteiger partial charge in [-0.1, -0.05) is 61.7 Å². The van der Waals surface area contributed by atoms with Crippen molar-refractivity contribution in [3.05, 3.63) is 102 Å². The van der Waals surface area contributed by atoms with Crippen molar-refractivity contribution in [2.24, 2.45) is 0 Å². The number of carbonyl (C=O) groups excluding carboxylic acids is 2. The lowest BCUT2D eigenvalue weighted by Gasteiger charge is -2.19. The summed E-state index contributed by atoms with van der Waals surface area (Å²) in [6.07, 6.45) is 1.61. The summed E-state index contributed by atoms with van der Waals surface area (Å²) in [4.78, 5) is 23.6. The number of hydrogen-bond donors (Lipinski definition) is 5. The molecule has 0 saturated heterocycles. The molecule has 0 fully saturated rings. The minimum atomic E-state index is -0.114. The lowest BCUT2D eigenvalue weighted by Crippen LogP contribution is -2.27. The van der Waals surface area contributed by atoms with E-state index >= 15 is 0 Å². The molecular formula is C36H42N4O3. The molecule has 0 saturated carbocycles. The summed E-state index contributed by atoms with van der Waals surface area (Å²) in [6.45, 7) is 14.8. The van der Waals surface area contributed by atoms with Gasteiger partial charge in [-0.05, 0) is 102 Å². The van der Waals surface area contributed by atoms with Crippen molar-refractivity contribution < 1.29 is 14.7 Å². The van der Waals surface area contributed by atoms with Gasteiger partial charge in [0.25, 0.3) is 0 Å². The van der Waals surface area contributed by atoms with Crippen LogP contribution in [0.25, 0.3) is 32.7 Å². The van der Waals surface area contributed by atoms with Gasteiger partial charge < -0.3 is 26.4 Å². The average Bonchev–Trinajstić information content (AvgIpc) is 3.00. The molecule has 0 aliphatic heterocycles. The Balaban J connectivity index is 1.61. The summed E-state index contributed by atoms with van der Waals surface area (Å²) < 4.78 is 0. The second kappa shape index (κ2) is 15.1. The number of rotatable bonds is 15. The second-order valence-corrected chi connectivity index (χ2v) is 10.9. The van der Waals surface area contributed by atoms with E-state index in [1.54, 1.807) is 26.0 Å². The van der Waals surface area contributed by atoms with E-state index in [0.29, 0.717) is 37.3 Å². The van der Waals surface area contributed by atoms with Crippen molar-refractivity contribution in [1.82, 2.24) is 21.3 Å². The standard InChI is InChI=1S/C36H42N4O3/c1-24(2)35(42)39-18-8-16-37-22-33-29-12-5-6-13-30(29)34(23-38-17-9-19-40-36(43)25(3)4)32-21-27(14-15-31(32)33)26-10-7-11-28(41)20-26/h5-7,10-15,20-21,37-38,41H,1,3,8-9,16-19,22-23H2,2,4H3,(H,39,42)(H,40,43). The van der Waals surface area contributed by atoms with Crippen LogP contribution in [0.15, 0.2) is 91.0 Å². The monoisotopic (exact) mass is 578 g/mol. The molecule has 0 unspecified atom stereocenters. The van der Waals surface area contributed by atoms with Crippen LogP contribution in [0.5, 0.6) is 5.75 Å². The number of phenolic OH excluding ortho intramolecular Hbond substituents is 1. The number of fused-ring (bicyclic) bond motifs is 2. The molecule has 0 aromatic heterocycles. The summed E-state index contributed by atoms with van der Waals surface area (Å²) >= 11 is 0. The lowest BCUT2D eigenvalue weighted by molar-refractivity contribution is -0.118. The number of aromatic hydroxyl groups is 1. The van der Waals surface area contributed by atoms with E-state index in [0.717, 1.165) is 42.4 Å². The molecule has 0 radical (unpaired) electrons. The first-order valence-electron chi connectivity index (χ1n) is 14.8. The molecule has 0 aliphatic rings. The number of phenols is 1. The quantitative estimate of drug-likeness (QED) is 0.0707. The van der Waals surface area contributed by atoms with Gasteiger partial charge in [-0.2, -0.15) is 0 Å². The van der Waals surface area contributed by atoms with Crippen LogP contribution in [-0.2, 0) is 22.7 Å². The van der Waals surface area contributed by atoms with Crippen molar-refractivity contribution in [3.8, 4) is 16.9 Å². The predicted molar refractivity (Wildman–Crippen MR) is 177 cm³/mol. The summed E-state index contributed by atoms with van der Waals surface area (Å²) in [7, 11) is 0. The van der Waals surface area contributed by atoms with E-state index in [9.17, 15) is 14.7 Å². The maximum absolute atomic E-state index is 11.8. The van der Waals surface area contributed by atoms with Crippen molar-refractivity contribution >= 4 is 33.4 Å². The highest BCUT2D eigenvalue weighted by atomic mass is 16.3. The Morgan fingerprint density at radius 1 is 0.628 bits per heavy atom. The highest BCUT2D eigenvalue weighted by Crippen LogP contribution is 2.36. The first-order chi connectivity index (χ1) is 20.8. The summed E-state index contributed by atoms with van der Waals surface area (Å²) in [5.74, 6) is 0.0127. The van der Waals surface area contributed by atoms with E-state index < -0.39 is 0 Å². The Morgan fingerprint density at radius 2 is 1.14 bits per heavy atom. The van der Waals surface area contributed by atoms with Gasteiger partial charge in [-0.25, -0.2) is 0 Å². The molecule has 5 N–H and O–H groups in total. The minimum Gasteiger partial charge on any atom is -0.508 e. The van der Waals surface area contributed by atoms with Crippen molar-refractivity contribution in [1.29, 1.82) is 0 Å². The Kier molecular flexibility index (Phi) is 11.1. The lowest BCUT2D eigenvalue weighted by atomic mass is 9.89. The average molecular weight is 579 g/mol. The zero-order valence-electron chi connectivity index (χ0n) is 25.2. The van der Waals surface area contributed by atoms with Crippen LogP contribution >= 0.6 is 0 Å². The fraction of sp³-hybridized carbons (Fsp3) is 0.278. The van der Waals surface area contributed by atoms with E-state index in [-0.39, 0.29) is 17.6 Å². The van der Waals surface area contributed by atoms with Crippen molar-refractivity contribution in [2.75, 3.05) is 26.2 Å². The summed E-state index contributed by atoms with van der Waals surface area (Å²) in [5, 5.41) is 27.8. The molecule has 4 rings (SSSR count). The van der Waals surface area contributed by atoms with Gasteiger partial charge in [0, 0.05) is 37.3 Å². The van der Waals surface area contributed by atoms with Gasteiger partial charge in [-0.15, -0.1) is 0 Å². The molecule has 224 valence electrons. The number of hydrogen-bond acceptors (Lipinski definition) is 5. The molecule has 7 nitrogen and oxygen atoms in total. The SMILES string of the molecule is C=C(C)C(=O)NCCCNCc1c2ccccc2c(CNCCCNC(=O)C(=C)C)c2cc(-c3cccc(O)c3)ccc12. The van der Waals surface area contributed by atoms with Crippen LogP contribution in [0.2, 0.25) is 0 Å². The van der Waals surface area contributed by atoms with Crippen LogP contribution in [-0.4, -0.2) is 43.1 Å². The van der Waals surface area contributed by atoms with E-state index in [1.165, 1.54) is 27.3 Å². The Labute approximate surface area is 254 Å². The van der Waals surface area contributed by atoms with Crippen molar-refractivity contribution in [3.63, 3.8) is 0 Å². The van der Waals surface area contributed by atoms with E-state index in [1.807, 2.05) is 12.1 Å². The number of amides is 2. The molecule has 0 heterocycles. The normalized spacial score (nSPS) is 11.0. The third-order valence-electron chi connectivity index (χ3n) is 7.44. The third kappa shape index (κ3) is 8.31. The highest BCUT2D eigenvalue weighted by molar-refractivity contribution is 6.07. The molecule has 2 amide bonds. The minimum absolute atomic E-state index is 0.111. The van der Waals surface area contributed by atoms with Gasteiger partial charge in [-0.3, -0.25) is 9.59 Å². The van der Waals surface area contributed by atoms with Crippen LogP contribution in [0, 0.1) is 0 Å². The molecule has 7 heteroatoms. The maximum Gasteiger partial charge on any atom is 0.246 e. The Hall–Kier alpha value is -4.46. The molecule has 43 heavy (non-hydrogen) atoms. The highest BCUT2D eigenvalue weighted by Gasteiger charge is 2.15. The summed E-state index contributed by atoms with van der Waals surface area (Å²) in [5.41, 5.74) is 5.46. The molecule has 0 spiro atoms. The number of benzene rings is 4. The van der Waals surface area contributed by atoms with Gasteiger partial charge in [0.05, 0.1) is 0 Å². The van der Waals surface area contributed by atoms with Crippen LogP contribution in [0.4, 0.5) is 0 Å². The predicted octanol–water partition coefficient (Wildman–Crippen LogP) is 5.71. The summed E-state index contributed by atoms with van der Waals surface area (Å²) in [6, 6.07) is 22.4. The fourth-order valence-corrected chi connectivity index (χ4v) is 5.16. The Bertz CT molecular complexity index is 1640. The van der Waals surface area contributed by atoms with Crippen LogP contribution < -0.4 is 21.3 Å². The Morgan fingerprint density at radius 3 is 1.67 bits per heavy atom. The zero-order valence-corrected chi connectivity index (χ0v) is 25.2. The molecule has 0 bridgehead atoms. The van der Waals surface area contributed by atoms with E-state index in [4.69, 9.17) is 0 Å². The third-order valence-corrected chi connectivity index (χ3v) is 7.44. The molecule has 4 aromatic rings. The zero-order chi connectivity index (χ0) is 30.8.